The zero-order valence-electron chi connectivity index (χ0n) is 18.2. The first-order valence-corrected chi connectivity index (χ1v) is 11.3. The van der Waals surface area contributed by atoms with Gasteiger partial charge in [0.1, 0.15) is 6.61 Å². The summed E-state index contributed by atoms with van der Waals surface area (Å²) in [6.45, 7) is 0.224. The van der Waals surface area contributed by atoms with Crippen molar-refractivity contribution >= 4 is 41.2 Å². The van der Waals surface area contributed by atoms with Gasteiger partial charge in [-0.3, -0.25) is 9.59 Å². The second-order valence-corrected chi connectivity index (χ2v) is 8.43. The highest BCUT2D eigenvalue weighted by Gasteiger charge is 2.37. The summed E-state index contributed by atoms with van der Waals surface area (Å²) in [4.78, 5) is 36.0. The number of amides is 2. The Bertz CT molecular complexity index is 1150. The molecular formula is C26H23Cl2NO5. The topological polar surface area (TPSA) is 83.9 Å². The molecule has 6 nitrogen and oxygen atoms in total. The van der Waals surface area contributed by atoms with Crippen LogP contribution in [0.25, 0.3) is 0 Å². The Labute approximate surface area is 207 Å². The van der Waals surface area contributed by atoms with Gasteiger partial charge in [0.2, 0.25) is 5.91 Å². The number of carboxylic acids is 1. The second kappa shape index (κ2) is 12.2. The van der Waals surface area contributed by atoms with E-state index in [4.69, 9.17) is 33.0 Å². The van der Waals surface area contributed by atoms with E-state index >= 15 is 0 Å². The molecule has 1 fully saturated rings. The Hall–Kier alpha value is -3.35. The van der Waals surface area contributed by atoms with Gasteiger partial charge in [-0.2, -0.15) is 0 Å². The van der Waals surface area contributed by atoms with Crippen LogP contribution in [0.15, 0.2) is 78.9 Å². The van der Waals surface area contributed by atoms with E-state index in [1.807, 2.05) is 36.4 Å². The third kappa shape index (κ3) is 7.07. The molecule has 1 heterocycles. The third-order valence-corrected chi connectivity index (χ3v) is 5.88. The van der Waals surface area contributed by atoms with Crippen LogP contribution in [0, 0.1) is 0 Å². The summed E-state index contributed by atoms with van der Waals surface area (Å²) in [6, 6.07) is 23.5. The van der Waals surface area contributed by atoms with Crippen molar-refractivity contribution in [2.75, 3.05) is 6.61 Å². The molecule has 34 heavy (non-hydrogen) atoms. The minimum Gasteiger partial charge on any atom is -0.481 e. The Morgan fingerprint density at radius 3 is 1.94 bits per heavy atom. The first kappa shape index (κ1) is 25.3. The smallest absolute Gasteiger partial charge is 0.416 e. The number of benzene rings is 3. The highest BCUT2D eigenvalue weighted by atomic mass is 35.5. The second-order valence-electron chi connectivity index (χ2n) is 7.61. The van der Waals surface area contributed by atoms with Crippen LogP contribution in [0.3, 0.4) is 0 Å². The van der Waals surface area contributed by atoms with Crippen molar-refractivity contribution in [3.63, 3.8) is 0 Å². The third-order valence-electron chi connectivity index (χ3n) is 5.14. The Balaban J connectivity index is 0.000000248. The molecule has 4 rings (SSSR count). The number of imide groups is 1. The van der Waals surface area contributed by atoms with E-state index in [1.165, 1.54) is 4.90 Å². The Morgan fingerprint density at radius 1 is 0.853 bits per heavy atom. The van der Waals surface area contributed by atoms with Crippen molar-refractivity contribution in [2.24, 2.45) is 0 Å². The number of nitrogens with zero attached hydrogens (tertiary/aromatic N) is 1. The predicted octanol–water partition coefficient (Wildman–Crippen LogP) is 5.44. The number of hydrogen-bond donors (Lipinski definition) is 1. The van der Waals surface area contributed by atoms with Gasteiger partial charge in [0, 0.05) is 10.0 Å². The van der Waals surface area contributed by atoms with Crippen molar-refractivity contribution in [2.45, 2.75) is 25.3 Å². The molecule has 2 amide bonds. The van der Waals surface area contributed by atoms with Crippen LogP contribution < -0.4 is 0 Å². The largest absolute Gasteiger partial charge is 0.481 e. The normalized spacial score (nSPS) is 14.7. The fourth-order valence-electron chi connectivity index (χ4n) is 3.50. The van der Waals surface area contributed by atoms with Gasteiger partial charge in [0.05, 0.1) is 18.9 Å². The van der Waals surface area contributed by atoms with E-state index < -0.39 is 12.1 Å². The lowest BCUT2D eigenvalue weighted by atomic mass is 10.0. The van der Waals surface area contributed by atoms with Crippen LogP contribution >= 0.6 is 23.2 Å². The fraction of sp³-hybridized carbons (Fsp3) is 0.192. The van der Waals surface area contributed by atoms with Gasteiger partial charge in [-0.25, -0.2) is 9.69 Å². The summed E-state index contributed by atoms with van der Waals surface area (Å²) in [5, 5.41) is 9.46. The number of ether oxygens (including phenoxy) is 1. The molecule has 0 aliphatic carbocycles. The van der Waals surface area contributed by atoms with Gasteiger partial charge in [-0.15, -0.1) is 0 Å². The van der Waals surface area contributed by atoms with Crippen LogP contribution in [-0.4, -0.2) is 40.6 Å². The molecule has 0 saturated carbocycles. The molecule has 1 atom stereocenters. The molecular weight excluding hydrogens is 477 g/mol. The maximum absolute atomic E-state index is 12.5. The molecule has 0 spiro atoms. The molecule has 0 radical (unpaired) electrons. The molecule has 1 N–H and O–H groups in total. The van der Waals surface area contributed by atoms with Crippen molar-refractivity contribution in [3.8, 4) is 0 Å². The summed E-state index contributed by atoms with van der Waals surface area (Å²) >= 11 is 11.8. The zero-order chi connectivity index (χ0) is 24.5. The highest BCUT2D eigenvalue weighted by molar-refractivity contribution is 6.31. The summed E-state index contributed by atoms with van der Waals surface area (Å²) in [6.07, 6.45) is 0.0728. The SMILES string of the molecule is O=C(Cc1ccccc1Cl)N1C(=O)OC[C@H]1Cc1ccccc1.O=C(O)Cc1ccccc1Cl. The average Bonchev–Trinajstić information content (AvgIpc) is 3.17. The van der Waals surface area contributed by atoms with E-state index in [0.29, 0.717) is 27.6 Å². The van der Waals surface area contributed by atoms with Crippen LogP contribution in [0.2, 0.25) is 10.0 Å². The van der Waals surface area contributed by atoms with E-state index in [1.54, 1.807) is 42.5 Å². The van der Waals surface area contributed by atoms with Gasteiger partial charge in [0.15, 0.2) is 0 Å². The van der Waals surface area contributed by atoms with Gasteiger partial charge in [-0.1, -0.05) is 89.9 Å². The van der Waals surface area contributed by atoms with E-state index in [9.17, 15) is 14.4 Å². The van der Waals surface area contributed by atoms with Crippen molar-refractivity contribution in [3.05, 3.63) is 106 Å². The monoisotopic (exact) mass is 499 g/mol. The molecule has 8 heteroatoms. The lowest BCUT2D eigenvalue weighted by Gasteiger charge is -2.20. The number of aliphatic carboxylic acids is 1. The fourth-order valence-corrected chi connectivity index (χ4v) is 3.90. The van der Waals surface area contributed by atoms with Crippen LogP contribution in [0.1, 0.15) is 16.7 Å². The van der Waals surface area contributed by atoms with Crippen molar-refractivity contribution in [1.29, 1.82) is 0 Å². The Morgan fingerprint density at radius 2 is 1.38 bits per heavy atom. The molecule has 0 unspecified atom stereocenters. The van der Waals surface area contributed by atoms with E-state index in [-0.39, 0.29) is 31.4 Å². The molecule has 3 aromatic carbocycles. The minimum absolute atomic E-state index is 0.0142. The number of carbonyl (C=O) groups excluding carboxylic acids is 2. The van der Waals surface area contributed by atoms with Gasteiger partial charge >= 0.3 is 12.1 Å². The molecule has 0 bridgehead atoms. The summed E-state index contributed by atoms with van der Waals surface area (Å²) in [7, 11) is 0. The molecule has 0 aromatic heterocycles. The first-order chi connectivity index (χ1) is 16.3. The number of halogens is 2. The van der Waals surface area contributed by atoms with Gasteiger partial charge in [0.25, 0.3) is 0 Å². The lowest BCUT2D eigenvalue weighted by molar-refractivity contribution is -0.136. The number of cyclic esters (lactones) is 1. The molecule has 1 aliphatic rings. The molecule has 1 aliphatic heterocycles. The van der Waals surface area contributed by atoms with Gasteiger partial charge < -0.3 is 9.84 Å². The van der Waals surface area contributed by atoms with E-state index in [0.717, 1.165) is 5.56 Å². The summed E-state index contributed by atoms with van der Waals surface area (Å²) < 4.78 is 5.07. The number of carbonyl (C=O) groups is 3. The van der Waals surface area contributed by atoms with Crippen LogP contribution in [0.5, 0.6) is 0 Å². The lowest BCUT2D eigenvalue weighted by Crippen LogP contribution is -2.41. The summed E-state index contributed by atoms with van der Waals surface area (Å²) in [5.41, 5.74) is 2.42. The average molecular weight is 500 g/mol. The van der Waals surface area contributed by atoms with Gasteiger partial charge in [-0.05, 0) is 35.2 Å². The van der Waals surface area contributed by atoms with Crippen LogP contribution in [0.4, 0.5) is 4.79 Å². The predicted molar refractivity (Wildman–Crippen MR) is 130 cm³/mol. The minimum atomic E-state index is -0.863. The highest BCUT2D eigenvalue weighted by Crippen LogP contribution is 2.21. The first-order valence-electron chi connectivity index (χ1n) is 10.6. The molecule has 3 aromatic rings. The number of hydrogen-bond acceptors (Lipinski definition) is 4. The van der Waals surface area contributed by atoms with Crippen molar-refractivity contribution < 1.29 is 24.2 Å². The maximum Gasteiger partial charge on any atom is 0.416 e. The van der Waals surface area contributed by atoms with Crippen LogP contribution in [-0.2, 0) is 33.6 Å². The summed E-state index contributed by atoms with van der Waals surface area (Å²) in [5.74, 6) is -1.15. The maximum atomic E-state index is 12.5. The number of carboxylic acid groups (broad SMARTS) is 1. The molecule has 176 valence electrons. The van der Waals surface area contributed by atoms with E-state index in [2.05, 4.69) is 0 Å². The zero-order valence-corrected chi connectivity index (χ0v) is 19.7. The van der Waals surface area contributed by atoms with Crippen molar-refractivity contribution in [1.82, 2.24) is 4.90 Å². The quantitative estimate of drug-likeness (QED) is 0.488. The Kier molecular flexibility index (Phi) is 9.08. The standard InChI is InChI=1S/C18H16ClNO3.C8H7ClO2/c19-16-9-5-4-8-14(16)11-17(21)20-15(12-23-18(20)22)10-13-6-2-1-3-7-13;9-7-4-2-1-3-6(7)5-8(10)11/h1-9,15H,10-12H2;1-4H,5H2,(H,10,11)/t15-;/m1./s1. The number of rotatable bonds is 6. The molecule has 1 saturated heterocycles.